The molecule has 1 saturated heterocycles. The monoisotopic (exact) mass is 276 g/mol. The molecule has 0 bridgehead atoms. The lowest BCUT2D eigenvalue weighted by Crippen LogP contribution is -2.46. The van der Waals surface area contributed by atoms with Crippen molar-refractivity contribution in [3.05, 3.63) is 34.9 Å². The van der Waals surface area contributed by atoms with Gasteiger partial charge in [0.05, 0.1) is 6.42 Å². The molecular weight excluding hydrogens is 252 g/mol. The molecule has 2 rings (SSSR count). The van der Waals surface area contributed by atoms with Gasteiger partial charge < -0.3 is 10.0 Å². The van der Waals surface area contributed by atoms with Crippen LogP contribution in [0.5, 0.6) is 0 Å². The molecule has 20 heavy (non-hydrogen) atoms. The molecule has 110 valence electrons. The van der Waals surface area contributed by atoms with Gasteiger partial charge in [-0.25, -0.2) is 0 Å². The summed E-state index contributed by atoms with van der Waals surface area (Å²) < 4.78 is 0. The number of rotatable bonds is 5. The highest BCUT2D eigenvalue weighted by atomic mass is 16.4. The Labute approximate surface area is 121 Å². The summed E-state index contributed by atoms with van der Waals surface area (Å²) >= 11 is 0. The molecule has 1 aliphatic rings. The summed E-state index contributed by atoms with van der Waals surface area (Å²) in [7, 11) is 0. The number of aliphatic carboxylic acids is 1. The van der Waals surface area contributed by atoms with Crippen LogP contribution in [0.3, 0.4) is 0 Å². The van der Waals surface area contributed by atoms with Crippen molar-refractivity contribution in [2.45, 2.75) is 26.8 Å². The highest BCUT2D eigenvalue weighted by Gasteiger charge is 2.17. The first-order valence-corrected chi connectivity index (χ1v) is 7.27. The quantitative estimate of drug-likeness (QED) is 0.892. The molecule has 0 saturated carbocycles. The molecule has 1 aromatic rings. The maximum Gasteiger partial charge on any atom is 0.304 e. The van der Waals surface area contributed by atoms with Gasteiger partial charge in [0.1, 0.15) is 0 Å². The van der Waals surface area contributed by atoms with Crippen molar-refractivity contribution in [3.63, 3.8) is 0 Å². The maximum absolute atomic E-state index is 10.6. The Morgan fingerprint density at radius 1 is 1.15 bits per heavy atom. The van der Waals surface area contributed by atoms with Crippen LogP contribution in [-0.2, 0) is 11.3 Å². The van der Waals surface area contributed by atoms with Gasteiger partial charge in [-0.15, -0.1) is 0 Å². The van der Waals surface area contributed by atoms with Gasteiger partial charge in [0.2, 0.25) is 0 Å². The first-order valence-electron chi connectivity index (χ1n) is 7.27. The molecule has 0 radical (unpaired) electrons. The fraction of sp³-hybridized carbons (Fsp3) is 0.562. The Bertz CT molecular complexity index is 466. The van der Waals surface area contributed by atoms with Gasteiger partial charge in [-0.2, -0.15) is 0 Å². The van der Waals surface area contributed by atoms with Crippen molar-refractivity contribution in [1.82, 2.24) is 9.80 Å². The molecule has 0 unspecified atom stereocenters. The lowest BCUT2D eigenvalue weighted by molar-refractivity contribution is -0.137. The van der Waals surface area contributed by atoms with Gasteiger partial charge in [-0.05, 0) is 25.0 Å². The summed E-state index contributed by atoms with van der Waals surface area (Å²) in [6.07, 6.45) is 0.247. The van der Waals surface area contributed by atoms with E-state index in [1.54, 1.807) is 0 Å². The molecule has 1 fully saturated rings. The molecular formula is C16H24N2O2. The van der Waals surface area contributed by atoms with Crippen molar-refractivity contribution >= 4 is 5.97 Å². The minimum atomic E-state index is -0.706. The normalized spacial score (nSPS) is 17.3. The van der Waals surface area contributed by atoms with Crippen LogP contribution in [0, 0.1) is 13.8 Å². The second kappa shape index (κ2) is 6.86. The molecule has 4 heteroatoms. The first kappa shape index (κ1) is 15.0. The minimum absolute atomic E-state index is 0.247. The zero-order valence-corrected chi connectivity index (χ0v) is 12.4. The molecule has 1 heterocycles. The van der Waals surface area contributed by atoms with E-state index in [0.717, 1.165) is 32.7 Å². The minimum Gasteiger partial charge on any atom is -0.481 e. The molecule has 1 aliphatic heterocycles. The Morgan fingerprint density at radius 3 is 2.45 bits per heavy atom. The van der Waals surface area contributed by atoms with Gasteiger partial charge in [0.15, 0.2) is 0 Å². The average Bonchev–Trinajstić information content (AvgIpc) is 2.42. The fourth-order valence-electron chi connectivity index (χ4n) is 2.64. The van der Waals surface area contributed by atoms with Crippen molar-refractivity contribution in [2.24, 2.45) is 0 Å². The highest BCUT2D eigenvalue weighted by Crippen LogP contribution is 2.14. The van der Waals surface area contributed by atoms with E-state index in [1.165, 1.54) is 16.7 Å². The number of carbonyl (C=O) groups is 1. The van der Waals surface area contributed by atoms with Gasteiger partial charge in [0, 0.05) is 39.3 Å². The molecule has 0 spiro atoms. The number of nitrogens with zero attached hydrogens (tertiary/aromatic N) is 2. The third-order valence-electron chi connectivity index (χ3n) is 4.01. The Kier molecular flexibility index (Phi) is 5.15. The lowest BCUT2D eigenvalue weighted by Gasteiger charge is -2.34. The van der Waals surface area contributed by atoms with Crippen LogP contribution in [0.1, 0.15) is 23.1 Å². The van der Waals surface area contributed by atoms with Gasteiger partial charge in [-0.1, -0.05) is 23.8 Å². The smallest absolute Gasteiger partial charge is 0.304 e. The molecule has 0 amide bonds. The third-order valence-corrected chi connectivity index (χ3v) is 4.01. The van der Waals surface area contributed by atoms with E-state index in [2.05, 4.69) is 41.8 Å². The van der Waals surface area contributed by atoms with Gasteiger partial charge in [-0.3, -0.25) is 9.69 Å². The largest absolute Gasteiger partial charge is 0.481 e. The van der Waals surface area contributed by atoms with Crippen LogP contribution in [0.2, 0.25) is 0 Å². The summed E-state index contributed by atoms with van der Waals surface area (Å²) in [5.41, 5.74) is 4.07. The highest BCUT2D eigenvalue weighted by molar-refractivity contribution is 5.66. The van der Waals surface area contributed by atoms with E-state index in [1.807, 2.05) is 0 Å². The SMILES string of the molecule is Cc1ccc(C)c(CN2CCN(CCC(=O)O)CC2)c1. The number of hydrogen-bond acceptors (Lipinski definition) is 3. The number of carboxylic acid groups (broad SMARTS) is 1. The number of aryl methyl sites for hydroxylation is 2. The molecule has 4 nitrogen and oxygen atoms in total. The standard InChI is InChI=1S/C16H24N2O2/c1-13-3-4-14(2)15(11-13)12-18-9-7-17(8-10-18)6-5-16(19)20/h3-4,11H,5-10,12H2,1-2H3,(H,19,20). The Hall–Kier alpha value is -1.39. The number of carboxylic acids is 1. The van der Waals surface area contributed by atoms with Crippen LogP contribution < -0.4 is 0 Å². The lowest BCUT2D eigenvalue weighted by atomic mass is 10.0. The average molecular weight is 276 g/mol. The topological polar surface area (TPSA) is 43.8 Å². The maximum atomic E-state index is 10.6. The van der Waals surface area contributed by atoms with E-state index >= 15 is 0 Å². The number of hydrogen-bond donors (Lipinski definition) is 1. The van der Waals surface area contributed by atoms with Gasteiger partial charge in [0.25, 0.3) is 0 Å². The second-order valence-corrected chi connectivity index (χ2v) is 5.69. The van der Waals surface area contributed by atoms with E-state index in [4.69, 9.17) is 5.11 Å². The number of benzene rings is 1. The van der Waals surface area contributed by atoms with Crippen molar-refractivity contribution in [2.75, 3.05) is 32.7 Å². The van der Waals surface area contributed by atoms with E-state index < -0.39 is 5.97 Å². The predicted molar refractivity (Wildman–Crippen MR) is 79.9 cm³/mol. The molecule has 1 aromatic carbocycles. The van der Waals surface area contributed by atoms with E-state index in [9.17, 15) is 4.79 Å². The summed E-state index contributed by atoms with van der Waals surface area (Å²) in [5, 5.41) is 8.71. The Balaban J connectivity index is 1.82. The number of piperazine rings is 1. The molecule has 0 aromatic heterocycles. The van der Waals surface area contributed by atoms with Crippen LogP contribution in [0.25, 0.3) is 0 Å². The summed E-state index contributed by atoms with van der Waals surface area (Å²) in [5.74, 6) is -0.706. The zero-order valence-electron chi connectivity index (χ0n) is 12.4. The summed E-state index contributed by atoms with van der Waals surface area (Å²) in [6.45, 7) is 9.95. The predicted octanol–water partition coefficient (Wildman–Crippen LogP) is 1.90. The van der Waals surface area contributed by atoms with Crippen molar-refractivity contribution in [3.8, 4) is 0 Å². The molecule has 0 atom stereocenters. The van der Waals surface area contributed by atoms with Crippen molar-refractivity contribution in [1.29, 1.82) is 0 Å². The van der Waals surface area contributed by atoms with Crippen molar-refractivity contribution < 1.29 is 9.90 Å². The van der Waals surface area contributed by atoms with Gasteiger partial charge >= 0.3 is 5.97 Å². The van der Waals surface area contributed by atoms with E-state index in [-0.39, 0.29) is 6.42 Å². The Morgan fingerprint density at radius 2 is 1.80 bits per heavy atom. The third kappa shape index (κ3) is 4.32. The zero-order chi connectivity index (χ0) is 14.5. The van der Waals surface area contributed by atoms with Crippen LogP contribution in [-0.4, -0.2) is 53.6 Å². The molecule has 0 aliphatic carbocycles. The fourth-order valence-corrected chi connectivity index (χ4v) is 2.64. The van der Waals surface area contributed by atoms with Crippen LogP contribution >= 0.6 is 0 Å². The van der Waals surface area contributed by atoms with E-state index in [0.29, 0.717) is 6.54 Å². The summed E-state index contributed by atoms with van der Waals surface area (Å²) in [6, 6.07) is 6.61. The van der Waals surface area contributed by atoms with Crippen LogP contribution in [0.15, 0.2) is 18.2 Å². The first-order chi connectivity index (χ1) is 9.54. The molecule has 1 N–H and O–H groups in total. The summed E-state index contributed by atoms with van der Waals surface area (Å²) in [4.78, 5) is 15.3. The van der Waals surface area contributed by atoms with Crippen LogP contribution in [0.4, 0.5) is 0 Å². The second-order valence-electron chi connectivity index (χ2n) is 5.69.